The lowest BCUT2D eigenvalue weighted by molar-refractivity contribution is 0.0932. The SMILES string of the molecule is COc1cccc(Cl)c1C(=O)NCC1(CO)CC1. The molecule has 0 bridgehead atoms. The lowest BCUT2D eigenvalue weighted by Crippen LogP contribution is -2.32. The number of amides is 1. The van der Waals surface area contributed by atoms with E-state index in [-0.39, 0.29) is 17.9 Å². The van der Waals surface area contributed by atoms with Crippen molar-refractivity contribution in [2.24, 2.45) is 5.41 Å². The molecule has 0 aromatic heterocycles. The fourth-order valence-corrected chi connectivity index (χ4v) is 2.07. The van der Waals surface area contributed by atoms with E-state index in [2.05, 4.69) is 5.32 Å². The summed E-state index contributed by atoms with van der Waals surface area (Å²) in [6.45, 7) is 0.573. The van der Waals surface area contributed by atoms with E-state index in [0.29, 0.717) is 22.9 Å². The second-order valence-electron chi connectivity index (χ2n) is 4.66. The Balaban J connectivity index is 2.09. The van der Waals surface area contributed by atoms with Gasteiger partial charge in [0.1, 0.15) is 5.75 Å². The number of hydrogen-bond acceptors (Lipinski definition) is 3. The van der Waals surface area contributed by atoms with Crippen LogP contribution in [0.15, 0.2) is 18.2 Å². The van der Waals surface area contributed by atoms with Crippen LogP contribution >= 0.6 is 11.6 Å². The molecule has 0 radical (unpaired) electrons. The van der Waals surface area contributed by atoms with Gasteiger partial charge in [-0.05, 0) is 25.0 Å². The molecule has 1 fully saturated rings. The highest BCUT2D eigenvalue weighted by molar-refractivity contribution is 6.34. The predicted octanol–water partition coefficient (Wildman–Crippen LogP) is 1.85. The van der Waals surface area contributed by atoms with E-state index in [1.807, 2.05) is 0 Å². The third kappa shape index (κ3) is 2.60. The molecule has 18 heavy (non-hydrogen) atoms. The van der Waals surface area contributed by atoms with Crippen molar-refractivity contribution in [3.63, 3.8) is 0 Å². The van der Waals surface area contributed by atoms with E-state index < -0.39 is 0 Å². The van der Waals surface area contributed by atoms with Crippen LogP contribution in [0.2, 0.25) is 5.02 Å². The van der Waals surface area contributed by atoms with E-state index in [1.54, 1.807) is 18.2 Å². The number of nitrogens with one attached hydrogen (secondary N) is 1. The monoisotopic (exact) mass is 269 g/mol. The molecule has 0 saturated heterocycles. The van der Waals surface area contributed by atoms with Crippen molar-refractivity contribution in [2.45, 2.75) is 12.8 Å². The van der Waals surface area contributed by atoms with Gasteiger partial charge < -0.3 is 15.2 Å². The van der Waals surface area contributed by atoms with Crippen LogP contribution in [0.4, 0.5) is 0 Å². The highest BCUT2D eigenvalue weighted by Gasteiger charge is 2.42. The van der Waals surface area contributed by atoms with Gasteiger partial charge in [0, 0.05) is 12.0 Å². The van der Waals surface area contributed by atoms with Gasteiger partial charge in [-0.25, -0.2) is 0 Å². The van der Waals surface area contributed by atoms with Crippen LogP contribution in [0.3, 0.4) is 0 Å². The van der Waals surface area contributed by atoms with Gasteiger partial charge in [0.05, 0.1) is 24.3 Å². The quantitative estimate of drug-likeness (QED) is 0.858. The number of benzene rings is 1. The molecule has 0 unspecified atom stereocenters. The van der Waals surface area contributed by atoms with Crippen molar-refractivity contribution >= 4 is 17.5 Å². The van der Waals surface area contributed by atoms with Crippen molar-refractivity contribution in [2.75, 3.05) is 20.3 Å². The summed E-state index contributed by atoms with van der Waals surface area (Å²) in [6.07, 6.45) is 1.90. The van der Waals surface area contributed by atoms with Gasteiger partial charge in [-0.15, -0.1) is 0 Å². The first kappa shape index (κ1) is 13.2. The van der Waals surface area contributed by atoms with E-state index in [0.717, 1.165) is 12.8 Å². The number of carbonyl (C=O) groups excluding carboxylic acids is 1. The van der Waals surface area contributed by atoms with Crippen LogP contribution in [-0.4, -0.2) is 31.3 Å². The molecular formula is C13H16ClNO3. The average Bonchev–Trinajstić information content (AvgIpc) is 3.16. The molecule has 5 heteroatoms. The smallest absolute Gasteiger partial charge is 0.256 e. The fraction of sp³-hybridized carbons (Fsp3) is 0.462. The topological polar surface area (TPSA) is 58.6 Å². The maximum atomic E-state index is 12.1. The summed E-state index contributed by atoms with van der Waals surface area (Å²) in [5, 5.41) is 12.4. The van der Waals surface area contributed by atoms with Crippen molar-refractivity contribution < 1.29 is 14.6 Å². The molecule has 4 nitrogen and oxygen atoms in total. The molecule has 1 aromatic rings. The maximum Gasteiger partial charge on any atom is 0.256 e. The summed E-state index contributed by atoms with van der Waals surface area (Å²) in [7, 11) is 1.50. The van der Waals surface area contributed by atoms with Crippen LogP contribution in [-0.2, 0) is 0 Å². The molecule has 2 rings (SSSR count). The van der Waals surface area contributed by atoms with Crippen molar-refractivity contribution in [3.8, 4) is 5.75 Å². The molecule has 2 N–H and O–H groups in total. The highest BCUT2D eigenvalue weighted by Crippen LogP contribution is 2.44. The Hall–Kier alpha value is -1.26. The van der Waals surface area contributed by atoms with Crippen molar-refractivity contribution in [1.82, 2.24) is 5.32 Å². The second-order valence-corrected chi connectivity index (χ2v) is 5.07. The summed E-state index contributed by atoms with van der Waals surface area (Å²) in [5.41, 5.74) is 0.222. The number of methoxy groups -OCH3 is 1. The first-order chi connectivity index (χ1) is 8.62. The number of carbonyl (C=O) groups is 1. The summed E-state index contributed by atoms with van der Waals surface area (Å²) in [4.78, 5) is 12.1. The zero-order chi connectivity index (χ0) is 13.2. The summed E-state index contributed by atoms with van der Waals surface area (Å²) >= 11 is 6.01. The van der Waals surface area contributed by atoms with Crippen LogP contribution in [0.1, 0.15) is 23.2 Å². The first-order valence-electron chi connectivity index (χ1n) is 5.83. The predicted molar refractivity (Wildman–Crippen MR) is 69.1 cm³/mol. The average molecular weight is 270 g/mol. The highest BCUT2D eigenvalue weighted by atomic mass is 35.5. The van der Waals surface area contributed by atoms with E-state index in [1.165, 1.54) is 7.11 Å². The van der Waals surface area contributed by atoms with E-state index >= 15 is 0 Å². The van der Waals surface area contributed by atoms with Gasteiger partial charge >= 0.3 is 0 Å². The van der Waals surface area contributed by atoms with Gasteiger partial charge in [0.2, 0.25) is 0 Å². The first-order valence-corrected chi connectivity index (χ1v) is 6.21. The van der Waals surface area contributed by atoms with Gasteiger partial charge in [-0.1, -0.05) is 17.7 Å². The minimum Gasteiger partial charge on any atom is -0.496 e. The third-order valence-corrected chi connectivity index (χ3v) is 3.65. The Morgan fingerprint density at radius 3 is 2.83 bits per heavy atom. The minimum atomic E-state index is -0.267. The molecule has 98 valence electrons. The number of rotatable bonds is 5. The molecule has 0 spiro atoms. The number of halogens is 1. The van der Waals surface area contributed by atoms with Crippen LogP contribution < -0.4 is 10.1 Å². The maximum absolute atomic E-state index is 12.1. The van der Waals surface area contributed by atoms with E-state index in [4.69, 9.17) is 16.3 Å². The molecular weight excluding hydrogens is 254 g/mol. The largest absolute Gasteiger partial charge is 0.496 e. The Morgan fingerprint density at radius 2 is 2.28 bits per heavy atom. The Morgan fingerprint density at radius 1 is 1.56 bits per heavy atom. The summed E-state index contributed by atoms with van der Waals surface area (Å²) in [6, 6.07) is 5.08. The van der Waals surface area contributed by atoms with E-state index in [9.17, 15) is 9.90 Å². The van der Waals surface area contributed by atoms with Crippen molar-refractivity contribution in [3.05, 3.63) is 28.8 Å². The van der Waals surface area contributed by atoms with Gasteiger partial charge in [0.15, 0.2) is 0 Å². The Labute approximate surface area is 111 Å². The summed E-state index contributed by atoms with van der Waals surface area (Å²) in [5.74, 6) is 0.186. The number of ether oxygens (including phenoxy) is 1. The van der Waals surface area contributed by atoms with Gasteiger partial charge in [-0.3, -0.25) is 4.79 Å². The molecule has 1 aromatic carbocycles. The Kier molecular flexibility index (Phi) is 3.78. The Bertz CT molecular complexity index is 458. The molecule has 0 aliphatic heterocycles. The number of aliphatic hydroxyl groups excluding tert-OH is 1. The lowest BCUT2D eigenvalue weighted by Gasteiger charge is -2.14. The number of hydrogen-bond donors (Lipinski definition) is 2. The van der Waals surface area contributed by atoms with Gasteiger partial charge in [0.25, 0.3) is 5.91 Å². The molecule has 0 heterocycles. The number of aliphatic hydroxyl groups is 1. The molecule has 1 amide bonds. The third-order valence-electron chi connectivity index (χ3n) is 3.34. The molecule has 0 atom stereocenters. The normalized spacial score (nSPS) is 16.2. The van der Waals surface area contributed by atoms with Crippen LogP contribution in [0.25, 0.3) is 0 Å². The zero-order valence-electron chi connectivity index (χ0n) is 10.2. The standard InChI is InChI=1S/C13H16ClNO3/c1-18-10-4-2-3-9(14)11(10)12(17)15-7-13(8-16)5-6-13/h2-4,16H,5-8H2,1H3,(H,15,17). The molecule has 1 aliphatic carbocycles. The van der Waals surface area contributed by atoms with Gasteiger partial charge in [-0.2, -0.15) is 0 Å². The second kappa shape index (κ2) is 5.16. The minimum absolute atomic E-state index is 0.104. The molecule has 1 aliphatic rings. The fourth-order valence-electron chi connectivity index (χ4n) is 1.82. The lowest BCUT2D eigenvalue weighted by atomic mass is 10.1. The van der Waals surface area contributed by atoms with Crippen LogP contribution in [0.5, 0.6) is 5.75 Å². The van der Waals surface area contributed by atoms with Crippen LogP contribution in [0, 0.1) is 5.41 Å². The summed E-state index contributed by atoms with van der Waals surface area (Å²) < 4.78 is 5.13. The zero-order valence-corrected chi connectivity index (χ0v) is 11.0. The van der Waals surface area contributed by atoms with Crippen molar-refractivity contribution in [1.29, 1.82) is 0 Å². The molecule has 1 saturated carbocycles.